The van der Waals surface area contributed by atoms with E-state index in [-0.39, 0.29) is 18.6 Å². The van der Waals surface area contributed by atoms with Crippen LogP contribution in [0.3, 0.4) is 0 Å². The van der Waals surface area contributed by atoms with E-state index in [2.05, 4.69) is 17.2 Å². The Morgan fingerprint density at radius 1 is 0.762 bits per heavy atom. The Morgan fingerprint density at radius 2 is 1.48 bits per heavy atom. The van der Waals surface area contributed by atoms with E-state index >= 15 is 0 Å². The molecule has 222 valence electrons. The van der Waals surface area contributed by atoms with E-state index in [1.807, 2.05) is 36.4 Å². The minimum atomic E-state index is -0.455. The smallest absolute Gasteiger partial charge is 0.348 e. The molecule has 0 saturated heterocycles. The number of rotatable bonds is 18. The molecule has 1 heterocycles. The number of hydrogen-bond donors (Lipinski definition) is 1. The van der Waals surface area contributed by atoms with Gasteiger partial charge in [0.25, 0.3) is 0 Å². The quantitative estimate of drug-likeness (QED) is 0.0943. The number of para-hydroxylation sites is 1. The maximum atomic E-state index is 12.4. The lowest BCUT2D eigenvalue weighted by molar-refractivity contribution is 0.0486. The van der Waals surface area contributed by atoms with Gasteiger partial charge in [-0.1, -0.05) is 70.1 Å². The fourth-order valence-corrected chi connectivity index (χ4v) is 4.47. The average Bonchev–Trinajstić information content (AvgIpc) is 3.00. The molecule has 0 radical (unpaired) electrons. The third-order valence-corrected chi connectivity index (χ3v) is 6.77. The third-order valence-electron chi connectivity index (χ3n) is 6.77. The number of fused-ring (bicyclic) bond motifs is 1. The number of aromatic nitrogens is 1. The highest BCUT2D eigenvalue weighted by molar-refractivity contribution is 5.89. The van der Waals surface area contributed by atoms with E-state index in [1.165, 1.54) is 44.9 Å². The molecule has 0 unspecified atom stereocenters. The zero-order valence-electron chi connectivity index (χ0n) is 24.3. The third kappa shape index (κ3) is 9.94. The van der Waals surface area contributed by atoms with Crippen LogP contribution in [0, 0.1) is 0 Å². The lowest BCUT2D eigenvalue weighted by atomic mass is 10.1. The van der Waals surface area contributed by atoms with Crippen LogP contribution in [0.2, 0.25) is 0 Å². The van der Waals surface area contributed by atoms with E-state index in [0.29, 0.717) is 47.5 Å². The summed E-state index contributed by atoms with van der Waals surface area (Å²) in [5.74, 6) is 1.01. The fraction of sp³-hybridized carbons (Fsp3) is 0.382. The van der Waals surface area contributed by atoms with Gasteiger partial charge in [-0.3, -0.25) is 0 Å². The summed E-state index contributed by atoms with van der Waals surface area (Å²) in [6, 6.07) is 21.4. The topological polar surface area (TPSA) is 99.9 Å². The van der Waals surface area contributed by atoms with E-state index in [0.717, 1.165) is 12.2 Å². The van der Waals surface area contributed by atoms with Crippen molar-refractivity contribution in [1.82, 2.24) is 4.98 Å². The number of benzene rings is 3. The molecule has 0 fully saturated rings. The van der Waals surface area contributed by atoms with Gasteiger partial charge in [0, 0.05) is 18.2 Å². The largest absolute Gasteiger partial charge is 0.494 e. The molecule has 4 rings (SSSR count). The molecule has 0 spiro atoms. The van der Waals surface area contributed by atoms with Gasteiger partial charge < -0.3 is 23.9 Å². The van der Waals surface area contributed by atoms with Crippen LogP contribution in [0.4, 0.5) is 11.7 Å². The Labute approximate surface area is 247 Å². The maximum Gasteiger partial charge on any atom is 0.348 e. The van der Waals surface area contributed by atoms with Crippen LogP contribution in [0.25, 0.3) is 10.9 Å². The predicted molar refractivity (Wildman–Crippen MR) is 165 cm³/mol. The standard InChI is InChI=1S/C34H40N2O6/c1-2-3-4-5-6-7-8-11-22-39-28-20-18-26(19-21-28)32(37)41-24-13-23-40-29-15-12-14-27(25-29)35-34-36-31-17-10-9-16-30(31)33(38)42-34/h9-10,12,14-21,25H,2-8,11,13,22-24H2,1H3,(H,35,36). The molecule has 0 atom stereocenters. The molecule has 4 aromatic rings. The van der Waals surface area contributed by atoms with Gasteiger partial charge in [0.15, 0.2) is 0 Å². The van der Waals surface area contributed by atoms with Gasteiger partial charge >= 0.3 is 17.6 Å². The van der Waals surface area contributed by atoms with Gasteiger partial charge in [0.1, 0.15) is 11.5 Å². The van der Waals surface area contributed by atoms with Crippen molar-refractivity contribution in [2.75, 3.05) is 25.1 Å². The number of ether oxygens (including phenoxy) is 3. The van der Waals surface area contributed by atoms with Crippen molar-refractivity contribution in [3.63, 3.8) is 0 Å². The summed E-state index contributed by atoms with van der Waals surface area (Å²) >= 11 is 0. The fourth-order valence-electron chi connectivity index (χ4n) is 4.47. The van der Waals surface area contributed by atoms with Crippen molar-refractivity contribution < 1.29 is 23.4 Å². The normalized spacial score (nSPS) is 10.9. The number of esters is 1. The number of carbonyl (C=O) groups is 1. The van der Waals surface area contributed by atoms with Crippen molar-refractivity contribution in [3.05, 3.63) is 88.8 Å². The summed E-state index contributed by atoms with van der Waals surface area (Å²) in [6.07, 6.45) is 10.6. The number of anilines is 2. The molecule has 0 bridgehead atoms. The van der Waals surface area contributed by atoms with E-state index in [9.17, 15) is 9.59 Å². The highest BCUT2D eigenvalue weighted by atomic mass is 16.5. The summed E-state index contributed by atoms with van der Waals surface area (Å²) in [7, 11) is 0. The van der Waals surface area contributed by atoms with Crippen LogP contribution >= 0.6 is 0 Å². The molecule has 1 N–H and O–H groups in total. The van der Waals surface area contributed by atoms with Crippen LogP contribution in [-0.4, -0.2) is 30.8 Å². The molecule has 42 heavy (non-hydrogen) atoms. The first-order valence-electron chi connectivity index (χ1n) is 14.9. The van der Waals surface area contributed by atoms with Crippen molar-refractivity contribution in [1.29, 1.82) is 0 Å². The van der Waals surface area contributed by atoms with Gasteiger partial charge in [0.2, 0.25) is 0 Å². The van der Waals surface area contributed by atoms with Crippen LogP contribution in [0.5, 0.6) is 11.5 Å². The molecule has 1 aromatic heterocycles. The summed E-state index contributed by atoms with van der Waals surface area (Å²) in [5, 5.41) is 3.43. The van der Waals surface area contributed by atoms with E-state index in [4.69, 9.17) is 18.6 Å². The first-order chi connectivity index (χ1) is 20.6. The second kappa shape index (κ2) is 16.8. The zero-order valence-corrected chi connectivity index (χ0v) is 24.3. The van der Waals surface area contributed by atoms with Crippen molar-refractivity contribution in [2.24, 2.45) is 0 Å². The minimum Gasteiger partial charge on any atom is -0.494 e. The van der Waals surface area contributed by atoms with Crippen molar-refractivity contribution in [2.45, 2.75) is 64.7 Å². The molecule has 0 aliphatic rings. The summed E-state index contributed by atoms with van der Waals surface area (Å²) < 4.78 is 22.3. The zero-order chi connectivity index (χ0) is 29.4. The van der Waals surface area contributed by atoms with Gasteiger partial charge in [0.05, 0.1) is 36.3 Å². The van der Waals surface area contributed by atoms with Crippen LogP contribution < -0.4 is 20.4 Å². The van der Waals surface area contributed by atoms with Gasteiger partial charge in [-0.25, -0.2) is 9.59 Å². The Balaban J connectivity index is 1.11. The minimum absolute atomic E-state index is 0.103. The molecule has 8 heteroatoms. The summed E-state index contributed by atoms with van der Waals surface area (Å²) in [6.45, 7) is 3.53. The predicted octanol–water partition coefficient (Wildman–Crippen LogP) is 8.08. The molecule has 0 amide bonds. The Kier molecular flexibility index (Phi) is 12.3. The lowest BCUT2D eigenvalue weighted by Crippen LogP contribution is -2.09. The summed E-state index contributed by atoms with van der Waals surface area (Å²) in [4.78, 5) is 28.9. The molecule has 0 aliphatic carbocycles. The SMILES string of the molecule is CCCCCCCCCCOc1ccc(C(=O)OCCCOc2cccc(Nc3nc4ccccc4c(=O)o3)c2)cc1. The first-order valence-corrected chi connectivity index (χ1v) is 14.9. The number of nitrogens with zero attached hydrogens (tertiary/aromatic N) is 1. The second-order valence-corrected chi connectivity index (χ2v) is 10.2. The molecule has 0 saturated carbocycles. The average molecular weight is 573 g/mol. The van der Waals surface area contributed by atoms with Crippen molar-refractivity contribution >= 4 is 28.6 Å². The highest BCUT2D eigenvalue weighted by Gasteiger charge is 2.09. The number of nitrogens with one attached hydrogen (secondary N) is 1. The molecule has 8 nitrogen and oxygen atoms in total. The molecular weight excluding hydrogens is 532 g/mol. The van der Waals surface area contributed by atoms with Gasteiger partial charge in [-0.2, -0.15) is 4.98 Å². The molecular formula is C34H40N2O6. The number of hydrogen-bond acceptors (Lipinski definition) is 8. The van der Waals surface area contributed by atoms with Crippen LogP contribution in [0.15, 0.2) is 82.0 Å². The molecule has 3 aromatic carbocycles. The highest BCUT2D eigenvalue weighted by Crippen LogP contribution is 2.21. The first kappa shape index (κ1) is 30.6. The van der Waals surface area contributed by atoms with Crippen molar-refractivity contribution in [3.8, 4) is 11.5 Å². The Hall–Kier alpha value is -4.33. The molecule has 0 aliphatic heterocycles. The Bertz CT molecular complexity index is 1450. The van der Waals surface area contributed by atoms with E-state index < -0.39 is 5.63 Å². The monoisotopic (exact) mass is 572 g/mol. The maximum absolute atomic E-state index is 12.4. The van der Waals surface area contributed by atoms with Crippen LogP contribution in [0.1, 0.15) is 75.1 Å². The summed E-state index contributed by atoms with van der Waals surface area (Å²) in [5.41, 5.74) is 1.25. The van der Waals surface area contributed by atoms with Crippen LogP contribution in [-0.2, 0) is 4.74 Å². The number of carbonyl (C=O) groups excluding carboxylic acids is 1. The lowest BCUT2D eigenvalue weighted by Gasteiger charge is -2.10. The van der Waals surface area contributed by atoms with E-state index in [1.54, 1.807) is 36.4 Å². The van der Waals surface area contributed by atoms with Gasteiger partial charge in [-0.15, -0.1) is 0 Å². The second-order valence-electron chi connectivity index (χ2n) is 10.2. The number of unbranched alkanes of at least 4 members (excludes halogenated alkanes) is 7. The Morgan fingerprint density at radius 3 is 2.29 bits per heavy atom. The van der Waals surface area contributed by atoms with Gasteiger partial charge in [-0.05, 0) is 55.0 Å².